The zero-order valence-corrected chi connectivity index (χ0v) is 11.0. The van der Waals surface area contributed by atoms with E-state index >= 15 is 0 Å². The van der Waals surface area contributed by atoms with Crippen LogP contribution in [0.5, 0.6) is 5.75 Å². The summed E-state index contributed by atoms with van der Waals surface area (Å²) in [5.41, 5.74) is 6.60. The van der Waals surface area contributed by atoms with Crippen molar-refractivity contribution in [3.05, 3.63) is 28.6 Å². The zero-order valence-electron chi connectivity index (χ0n) is 9.46. The van der Waals surface area contributed by atoms with E-state index in [-0.39, 0.29) is 6.10 Å². The van der Waals surface area contributed by atoms with Gasteiger partial charge in [-0.15, -0.1) is 5.10 Å². The Bertz CT molecular complexity index is 527. The maximum Gasteiger partial charge on any atom is 0.166 e. The molecule has 0 fully saturated rings. The van der Waals surface area contributed by atoms with Crippen molar-refractivity contribution in [2.75, 3.05) is 5.73 Å². The van der Waals surface area contributed by atoms with E-state index < -0.39 is 0 Å². The molecule has 2 rings (SSSR count). The Labute approximate surface area is 107 Å². The molecule has 1 atom stereocenters. The van der Waals surface area contributed by atoms with Gasteiger partial charge in [0.25, 0.3) is 0 Å². The average molecular weight is 298 g/mol. The van der Waals surface area contributed by atoms with Crippen molar-refractivity contribution in [2.24, 2.45) is 7.05 Å². The summed E-state index contributed by atoms with van der Waals surface area (Å²) in [6, 6.07) is 1.78. The number of hydrogen-bond donors (Lipinski definition) is 1. The monoisotopic (exact) mass is 297 g/mol. The normalized spacial score (nSPS) is 12.4. The lowest BCUT2D eigenvalue weighted by atomic mass is 10.3. The molecule has 17 heavy (non-hydrogen) atoms. The first-order valence-electron chi connectivity index (χ1n) is 5.00. The van der Waals surface area contributed by atoms with E-state index in [0.29, 0.717) is 11.6 Å². The van der Waals surface area contributed by atoms with E-state index in [1.54, 1.807) is 23.1 Å². The third-order valence-corrected chi connectivity index (χ3v) is 2.75. The molecule has 0 saturated carbocycles. The molecular weight excluding hydrogens is 286 g/mol. The Kier molecular flexibility index (Phi) is 3.28. The first kappa shape index (κ1) is 11.8. The molecule has 7 heteroatoms. The number of nitrogens with two attached hydrogens (primary N) is 1. The number of halogens is 1. The Morgan fingerprint density at radius 3 is 2.88 bits per heavy atom. The molecule has 6 nitrogen and oxygen atoms in total. The summed E-state index contributed by atoms with van der Waals surface area (Å²) in [5, 5.41) is 7.65. The predicted molar refractivity (Wildman–Crippen MR) is 66.4 cm³/mol. The Morgan fingerprint density at radius 2 is 2.24 bits per heavy atom. The van der Waals surface area contributed by atoms with Crippen LogP contribution in [-0.4, -0.2) is 20.0 Å². The SMILES string of the molecule is CC(Oc1cc(Br)cnc1N)c1cnnn1C. The number of nitrogen functional groups attached to an aromatic ring is 1. The third kappa shape index (κ3) is 2.55. The highest BCUT2D eigenvalue weighted by Gasteiger charge is 2.14. The van der Waals surface area contributed by atoms with Gasteiger partial charge in [-0.1, -0.05) is 5.21 Å². The summed E-state index contributed by atoms with van der Waals surface area (Å²) >= 11 is 3.32. The molecule has 2 aromatic rings. The van der Waals surface area contributed by atoms with Crippen LogP contribution in [-0.2, 0) is 7.05 Å². The maximum atomic E-state index is 5.73. The third-order valence-electron chi connectivity index (χ3n) is 2.32. The Hall–Kier alpha value is -1.63. The number of anilines is 1. The van der Waals surface area contributed by atoms with E-state index in [1.165, 1.54) is 0 Å². The van der Waals surface area contributed by atoms with E-state index in [9.17, 15) is 0 Å². The van der Waals surface area contributed by atoms with Crippen LogP contribution in [0.15, 0.2) is 22.9 Å². The molecule has 0 bridgehead atoms. The lowest BCUT2D eigenvalue weighted by molar-refractivity contribution is 0.217. The summed E-state index contributed by atoms with van der Waals surface area (Å²) in [4.78, 5) is 4.00. The fourth-order valence-corrected chi connectivity index (χ4v) is 1.75. The highest BCUT2D eigenvalue weighted by Crippen LogP contribution is 2.27. The molecule has 2 heterocycles. The summed E-state index contributed by atoms with van der Waals surface area (Å²) < 4.78 is 8.21. The number of nitrogens with zero attached hydrogens (tertiary/aromatic N) is 4. The zero-order chi connectivity index (χ0) is 12.4. The molecule has 90 valence electrons. The quantitative estimate of drug-likeness (QED) is 0.933. The first-order valence-corrected chi connectivity index (χ1v) is 5.79. The van der Waals surface area contributed by atoms with Crippen LogP contribution >= 0.6 is 15.9 Å². The average Bonchev–Trinajstić information content (AvgIpc) is 2.70. The standard InChI is InChI=1S/C10H12BrN5O/c1-6(8-5-14-15-16(8)2)17-9-3-7(11)4-13-10(9)12/h3-6H,1-2H3,(H2,12,13). The number of aromatic nitrogens is 4. The Morgan fingerprint density at radius 1 is 1.47 bits per heavy atom. The molecule has 1 unspecified atom stereocenters. The number of aryl methyl sites for hydroxylation is 1. The second-order valence-corrected chi connectivity index (χ2v) is 4.50. The second kappa shape index (κ2) is 4.70. The molecule has 2 aromatic heterocycles. The van der Waals surface area contributed by atoms with Crippen molar-refractivity contribution >= 4 is 21.7 Å². The van der Waals surface area contributed by atoms with Crippen LogP contribution in [0, 0.1) is 0 Å². The van der Waals surface area contributed by atoms with Crippen molar-refractivity contribution < 1.29 is 4.74 Å². The molecule has 0 aliphatic heterocycles. The van der Waals surface area contributed by atoms with Gasteiger partial charge in [-0.25, -0.2) is 9.67 Å². The van der Waals surface area contributed by atoms with Crippen molar-refractivity contribution in [2.45, 2.75) is 13.0 Å². The van der Waals surface area contributed by atoms with E-state index in [1.807, 2.05) is 14.0 Å². The van der Waals surface area contributed by atoms with Gasteiger partial charge in [-0.3, -0.25) is 0 Å². The molecule has 0 aliphatic carbocycles. The minimum absolute atomic E-state index is 0.201. The van der Waals surface area contributed by atoms with Gasteiger partial charge in [0.15, 0.2) is 11.6 Å². The number of hydrogen-bond acceptors (Lipinski definition) is 5. The summed E-state index contributed by atoms with van der Waals surface area (Å²) in [6.45, 7) is 1.90. The smallest absolute Gasteiger partial charge is 0.166 e. The summed E-state index contributed by atoms with van der Waals surface area (Å²) in [5.74, 6) is 0.892. The van der Waals surface area contributed by atoms with E-state index in [0.717, 1.165) is 10.2 Å². The van der Waals surface area contributed by atoms with Crippen LogP contribution < -0.4 is 10.5 Å². The van der Waals surface area contributed by atoms with Gasteiger partial charge in [-0.05, 0) is 28.9 Å². The maximum absolute atomic E-state index is 5.73. The van der Waals surface area contributed by atoms with Gasteiger partial charge in [-0.2, -0.15) is 0 Å². The van der Waals surface area contributed by atoms with Gasteiger partial charge in [0.05, 0.1) is 11.9 Å². The van der Waals surface area contributed by atoms with Gasteiger partial charge in [0.1, 0.15) is 6.10 Å². The van der Waals surface area contributed by atoms with E-state index in [2.05, 4.69) is 31.2 Å². The van der Waals surface area contributed by atoms with Gasteiger partial charge in [0.2, 0.25) is 0 Å². The lowest BCUT2D eigenvalue weighted by Crippen LogP contribution is -2.10. The molecule has 0 amide bonds. The first-order chi connectivity index (χ1) is 8.08. The van der Waals surface area contributed by atoms with Gasteiger partial charge >= 0.3 is 0 Å². The molecule has 0 aromatic carbocycles. The highest BCUT2D eigenvalue weighted by molar-refractivity contribution is 9.10. The van der Waals surface area contributed by atoms with E-state index in [4.69, 9.17) is 10.5 Å². The van der Waals surface area contributed by atoms with Crippen LogP contribution in [0.1, 0.15) is 18.7 Å². The van der Waals surface area contributed by atoms with Crippen molar-refractivity contribution in [1.82, 2.24) is 20.0 Å². The summed E-state index contributed by atoms with van der Waals surface area (Å²) in [7, 11) is 1.81. The molecule has 0 spiro atoms. The second-order valence-electron chi connectivity index (χ2n) is 3.58. The molecule has 0 saturated heterocycles. The molecule has 0 aliphatic rings. The topological polar surface area (TPSA) is 78.8 Å². The number of pyridine rings is 1. The molecule has 2 N–H and O–H groups in total. The fraction of sp³-hybridized carbons (Fsp3) is 0.300. The number of ether oxygens (including phenoxy) is 1. The number of rotatable bonds is 3. The minimum Gasteiger partial charge on any atom is -0.480 e. The lowest BCUT2D eigenvalue weighted by Gasteiger charge is -2.15. The molecular formula is C10H12BrN5O. The van der Waals surface area contributed by atoms with Crippen molar-refractivity contribution in [1.29, 1.82) is 0 Å². The van der Waals surface area contributed by atoms with Crippen molar-refractivity contribution in [3.8, 4) is 5.75 Å². The predicted octanol–water partition coefficient (Wildman–Crippen LogP) is 1.69. The van der Waals surface area contributed by atoms with Crippen molar-refractivity contribution in [3.63, 3.8) is 0 Å². The fourth-order valence-electron chi connectivity index (χ4n) is 1.44. The van der Waals surface area contributed by atoms with Crippen LogP contribution in [0.2, 0.25) is 0 Å². The largest absolute Gasteiger partial charge is 0.480 e. The van der Waals surface area contributed by atoms with Crippen LogP contribution in [0.3, 0.4) is 0 Å². The van der Waals surface area contributed by atoms with Crippen LogP contribution in [0.4, 0.5) is 5.82 Å². The van der Waals surface area contributed by atoms with Crippen LogP contribution in [0.25, 0.3) is 0 Å². The molecule has 0 radical (unpaired) electrons. The highest BCUT2D eigenvalue weighted by atomic mass is 79.9. The van der Waals surface area contributed by atoms with Gasteiger partial charge < -0.3 is 10.5 Å². The van der Waals surface area contributed by atoms with Gasteiger partial charge in [0, 0.05) is 17.7 Å². The minimum atomic E-state index is -0.201. The summed E-state index contributed by atoms with van der Waals surface area (Å²) in [6.07, 6.45) is 3.08. The Balaban J connectivity index is 2.21.